The van der Waals surface area contributed by atoms with E-state index in [-0.39, 0.29) is 5.91 Å². The molecule has 4 nitrogen and oxygen atoms in total. The van der Waals surface area contributed by atoms with Crippen LogP contribution in [0.2, 0.25) is 0 Å². The Kier molecular flexibility index (Phi) is 5.11. The van der Waals surface area contributed by atoms with E-state index < -0.39 is 0 Å². The fourth-order valence-corrected chi connectivity index (χ4v) is 3.99. The standard InChI is InChI=1S/C19H27N3O/c1-21-11-9-17(19(21)16-8-5-10-20-13-16)14-22(2)18(23)12-15-6-3-4-7-15/h3,5-6,8,10,13,15,17,19H,4,7,9,11-12,14H2,1-2H3/t15?,17-,19-/m0/s1. The molecular weight excluding hydrogens is 286 g/mol. The summed E-state index contributed by atoms with van der Waals surface area (Å²) in [5.41, 5.74) is 1.26. The first-order valence-corrected chi connectivity index (χ1v) is 8.66. The van der Waals surface area contributed by atoms with Gasteiger partial charge >= 0.3 is 0 Å². The summed E-state index contributed by atoms with van der Waals surface area (Å²) in [6.07, 6.45) is 12.2. The lowest BCUT2D eigenvalue weighted by atomic mass is 9.94. The Morgan fingerprint density at radius 2 is 2.30 bits per heavy atom. The lowest BCUT2D eigenvalue weighted by Crippen LogP contribution is -2.34. The maximum absolute atomic E-state index is 12.5. The van der Waals surface area contributed by atoms with Gasteiger partial charge in [-0.3, -0.25) is 14.7 Å². The first-order valence-electron chi connectivity index (χ1n) is 8.66. The number of nitrogens with zero attached hydrogens (tertiary/aromatic N) is 3. The fraction of sp³-hybridized carbons (Fsp3) is 0.579. The van der Waals surface area contributed by atoms with Crippen molar-refractivity contribution in [3.63, 3.8) is 0 Å². The Labute approximate surface area is 139 Å². The molecule has 3 atom stereocenters. The van der Waals surface area contributed by atoms with Gasteiger partial charge in [0.15, 0.2) is 0 Å². The molecule has 1 aromatic heterocycles. The molecule has 1 unspecified atom stereocenters. The number of aromatic nitrogens is 1. The molecule has 0 radical (unpaired) electrons. The summed E-state index contributed by atoms with van der Waals surface area (Å²) in [4.78, 5) is 21.1. The average Bonchev–Trinajstić information content (AvgIpc) is 3.18. The number of carbonyl (C=O) groups is 1. The number of allylic oxidation sites excluding steroid dienone is 2. The molecule has 0 aromatic carbocycles. The van der Waals surface area contributed by atoms with Gasteiger partial charge < -0.3 is 4.90 Å². The first-order chi connectivity index (χ1) is 11.1. The molecule has 4 heteroatoms. The van der Waals surface area contributed by atoms with Crippen LogP contribution in [-0.2, 0) is 4.79 Å². The van der Waals surface area contributed by atoms with Crippen molar-refractivity contribution < 1.29 is 4.79 Å². The minimum absolute atomic E-state index is 0.279. The summed E-state index contributed by atoms with van der Waals surface area (Å²) >= 11 is 0. The van der Waals surface area contributed by atoms with Crippen LogP contribution in [-0.4, -0.2) is 47.9 Å². The van der Waals surface area contributed by atoms with Gasteiger partial charge in [-0.2, -0.15) is 0 Å². The van der Waals surface area contributed by atoms with Crippen LogP contribution in [0, 0.1) is 11.8 Å². The van der Waals surface area contributed by atoms with Crippen molar-refractivity contribution in [1.82, 2.24) is 14.8 Å². The lowest BCUT2D eigenvalue weighted by Gasteiger charge is -2.29. The molecule has 1 amide bonds. The Hall–Kier alpha value is -1.68. The van der Waals surface area contributed by atoms with Crippen molar-refractivity contribution in [3.05, 3.63) is 42.2 Å². The first kappa shape index (κ1) is 16.2. The number of carbonyl (C=O) groups excluding carboxylic acids is 1. The van der Waals surface area contributed by atoms with Crippen molar-refractivity contribution in [1.29, 1.82) is 0 Å². The van der Waals surface area contributed by atoms with Gasteiger partial charge in [0.1, 0.15) is 0 Å². The summed E-state index contributed by atoms with van der Waals surface area (Å²) in [5, 5.41) is 0. The van der Waals surface area contributed by atoms with E-state index in [0.29, 0.717) is 24.3 Å². The fourth-order valence-electron chi connectivity index (χ4n) is 3.99. The van der Waals surface area contributed by atoms with E-state index in [0.717, 1.165) is 32.4 Å². The SMILES string of the molecule is CN(C[C@@H]1CCN(C)[C@H]1c1cccnc1)C(=O)CC1C=CCC1. The molecule has 0 bridgehead atoms. The zero-order chi connectivity index (χ0) is 16.2. The van der Waals surface area contributed by atoms with Crippen LogP contribution in [0.15, 0.2) is 36.7 Å². The molecule has 1 fully saturated rings. The van der Waals surface area contributed by atoms with Crippen LogP contribution in [0.5, 0.6) is 0 Å². The van der Waals surface area contributed by atoms with Crippen LogP contribution in [0.1, 0.15) is 37.3 Å². The lowest BCUT2D eigenvalue weighted by molar-refractivity contribution is -0.131. The second kappa shape index (κ2) is 7.26. The highest BCUT2D eigenvalue weighted by Crippen LogP contribution is 2.36. The van der Waals surface area contributed by atoms with Gasteiger partial charge in [-0.25, -0.2) is 0 Å². The van der Waals surface area contributed by atoms with Gasteiger partial charge in [0, 0.05) is 38.4 Å². The van der Waals surface area contributed by atoms with E-state index in [9.17, 15) is 4.79 Å². The number of hydrogen-bond donors (Lipinski definition) is 0. The van der Waals surface area contributed by atoms with Crippen molar-refractivity contribution in [3.8, 4) is 0 Å². The Morgan fingerprint density at radius 3 is 3.00 bits per heavy atom. The van der Waals surface area contributed by atoms with Crippen LogP contribution in [0.25, 0.3) is 0 Å². The topological polar surface area (TPSA) is 36.4 Å². The zero-order valence-electron chi connectivity index (χ0n) is 14.2. The molecule has 2 aliphatic rings. The molecule has 0 N–H and O–H groups in total. The Balaban J connectivity index is 1.61. The number of pyridine rings is 1. The zero-order valence-corrected chi connectivity index (χ0v) is 14.2. The summed E-state index contributed by atoms with van der Waals surface area (Å²) in [6.45, 7) is 1.91. The number of hydrogen-bond acceptors (Lipinski definition) is 3. The van der Waals surface area contributed by atoms with Crippen LogP contribution in [0.4, 0.5) is 0 Å². The summed E-state index contributed by atoms with van der Waals surface area (Å²) < 4.78 is 0. The summed E-state index contributed by atoms with van der Waals surface area (Å²) in [6, 6.07) is 4.52. The van der Waals surface area contributed by atoms with Crippen molar-refractivity contribution in [2.24, 2.45) is 11.8 Å². The van der Waals surface area contributed by atoms with Gasteiger partial charge in [-0.05, 0) is 56.3 Å². The maximum Gasteiger partial charge on any atom is 0.222 e. The van der Waals surface area contributed by atoms with Gasteiger partial charge in [0.05, 0.1) is 0 Å². The van der Waals surface area contributed by atoms with E-state index in [4.69, 9.17) is 0 Å². The Morgan fingerprint density at radius 1 is 1.43 bits per heavy atom. The molecule has 3 rings (SSSR count). The second-order valence-electron chi connectivity index (χ2n) is 7.00. The molecule has 124 valence electrons. The molecule has 1 aliphatic carbocycles. The molecule has 1 aliphatic heterocycles. The number of amides is 1. The molecule has 23 heavy (non-hydrogen) atoms. The molecule has 1 saturated heterocycles. The van der Waals surface area contributed by atoms with Gasteiger partial charge in [0.2, 0.25) is 5.91 Å². The second-order valence-corrected chi connectivity index (χ2v) is 7.00. The normalized spacial score (nSPS) is 27.5. The monoisotopic (exact) mass is 313 g/mol. The largest absolute Gasteiger partial charge is 0.345 e. The highest BCUT2D eigenvalue weighted by molar-refractivity contribution is 5.76. The third-order valence-corrected chi connectivity index (χ3v) is 5.28. The van der Waals surface area contributed by atoms with E-state index >= 15 is 0 Å². The Bertz CT molecular complexity index is 557. The van der Waals surface area contributed by atoms with E-state index in [2.05, 4.69) is 35.1 Å². The predicted molar refractivity (Wildman–Crippen MR) is 91.8 cm³/mol. The minimum atomic E-state index is 0.279. The van der Waals surface area contributed by atoms with Crippen molar-refractivity contribution >= 4 is 5.91 Å². The third-order valence-electron chi connectivity index (χ3n) is 5.28. The third kappa shape index (κ3) is 3.81. The van der Waals surface area contributed by atoms with Crippen LogP contribution in [0.3, 0.4) is 0 Å². The molecule has 1 aromatic rings. The quantitative estimate of drug-likeness (QED) is 0.784. The molecule has 0 saturated carbocycles. The van der Waals surface area contributed by atoms with Crippen molar-refractivity contribution in [2.45, 2.75) is 31.7 Å². The highest BCUT2D eigenvalue weighted by Gasteiger charge is 2.34. The minimum Gasteiger partial charge on any atom is -0.345 e. The summed E-state index contributed by atoms with van der Waals surface area (Å²) in [7, 11) is 4.13. The van der Waals surface area contributed by atoms with Crippen LogP contribution < -0.4 is 0 Å². The van der Waals surface area contributed by atoms with Gasteiger partial charge in [-0.15, -0.1) is 0 Å². The smallest absolute Gasteiger partial charge is 0.222 e. The number of rotatable bonds is 5. The average molecular weight is 313 g/mol. The predicted octanol–water partition coefficient (Wildman–Crippen LogP) is 2.89. The van der Waals surface area contributed by atoms with E-state index in [1.54, 1.807) is 0 Å². The number of likely N-dealkylation sites (tertiary alicyclic amines) is 1. The molecular formula is C19H27N3O. The summed E-state index contributed by atoms with van der Waals surface area (Å²) in [5.74, 6) is 1.21. The van der Waals surface area contributed by atoms with Crippen molar-refractivity contribution in [2.75, 3.05) is 27.2 Å². The highest BCUT2D eigenvalue weighted by atomic mass is 16.2. The molecule has 2 heterocycles. The van der Waals surface area contributed by atoms with E-state index in [1.807, 2.05) is 30.4 Å². The van der Waals surface area contributed by atoms with Gasteiger partial charge in [0.25, 0.3) is 0 Å². The maximum atomic E-state index is 12.5. The van der Waals surface area contributed by atoms with E-state index in [1.165, 1.54) is 5.56 Å². The molecule has 0 spiro atoms. The van der Waals surface area contributed by atoms with Crippen LogP contribution >= 0.6 is 0 Å². The van der Waals surface area contributed by atoms with Gasteiger partial charge in [-0.1, -0.05) is 18.2 Å².